The number of hydrogen-bond acceptors (Lipinski definition) is 8. The molecule has 0 spiro atoms. The van der Waals surface area contributed by atoms with Crippen molar-refractivity contribution in [3.8, 4) is 17.6 Å². The number of fused-ring (bicyclic) bond motifs is 1. The van der Waals surface area contributed by atoms with Gasteiger partial charge in [-0.25, -0.2) is 19.9 Å². The molecule has 5 rings (SSSR count). The van der Waals surface area contributed by atoms with E-state index >= 15 is 0 Å². The zero-order valence-corrected chi connectivity index (χ0v) is 21.2. The van der Waals surface area contributed by atoms with E-state index in [1.165, 1.54) is 0 Å². The highest BCUT2D eigenvalue weighted by atomic mass is 16.5. The van der Waals surface area contributed by atoms with Crippen LogP contribution in [-0.2, 0) is 4.79 Å². The van der Waals surface area contributed by atoms with Gasteiger partial charge in [0.1, 0.15) is 35.1 Å². The number of likely N-dealkylation sites (tertiary alicyclic amines) is 1. The molecule has 0 radical (unpaired) electrons. The normalized spacial score (nSPS) is 12.9. The smallest absolute Gasteiger partial charge is 0.219 e. The number of aryl methyl sites for hydroxylation is 2. The number of rotatable bonds is 5. The van der Waals surface area contributed by atoms with E-state index in [1.54, 1.807) is 24.2 Å². The number of amides is 1. The van der Waals surface area contributed by atoms with Crippen molar-refractivity contribution in [2.24, 2.45) is 0 Å². The minimum atomic E-state index is 0.0376. The molecule has 4 heterocycles. The second-order valence-corrected chi connectivity index (χ2v) is 8.89. The summed E-state index contributed by atoms with van der Waals surface area (Å²) in [6.45, 7) is 6.62. The Morgan fingerprint density at radius 2 is 1.78 bits per heavy atom. The number of nitrogens with zero attached hydrogens (tertiary/aromatic N) is 5. The van der Waals surface area contributed by atoms with Crippen LogP contribution < -0.4 is 15.4 Å². The molecule has 9 heteroatoms. The molecule has 0 atom stereocenters. The first kappa shape index (κ1) is 24.0. The van der Waals surface area contributed by atoms with Crippen LogP contribution >= 0.6 is 0 Å². The third-order valence-electron chi connectivity index (χ3n) is 6.02. The number of anilines is 3. The van der Waals surface area contributed by atoms with Crippen LogP contribution in [0.2, 0.25) is 0 Å². The third kappa shape index (κ3) is 5.43. The van der Waals surface area contributed by atoms with Gasteiger partial charge < -0.3 is 20.3 Å². The van der Waals surface area contributed by atoms with Gasteiger partial charge in [-0.15, -0.1) is 0 Å². The summed E-state index contributed by atoms with van der Waals surface area (Å²) in [4.78, 5) is 30.9. The van der Waals surface area contributed by atoms with Crippen LogP contribution in [0.3, 0.4) is 0 Å². The van der Waals surface area contributed by atoms with Gasteiger partial charge in [0.15, 0.2) is 0 Å². The Balaban J connectivity index is 1.38. The monoisotopic (exact) mass is 493 g/mol. The van der Waals surface area contributed by atoms with Crippen molar-refractivity contribution < 1.29 is 9.53 Å². The molecule has 4 aromatic rings. The van der Waals surface area contributed by atoms with Crippen molar-refractivity contribution in [2.75, 3.05) is 30.8 Å². The summed E-state index contributed by atoms with van der Waals surface area (Å²) in [5.74, 6) is 10.1. The molecular formula is C28H27N7O2. The lowest BCUT2D eigenvalue weighted by Gasteiger charge is -2.38. The molecule has 0 bridgehead atoms. The van der Waals surface area contributed by atoms with Crippen molar-refractivity contribution in [1.82, 2.24) is 24.8 Å². The van der Waals surface area contributed by atoms with Crippen LogP contribution in [-0.4, -0.2) is 57.0 Å². The van der Waals surface area contributed by atoms with Crippen molar-refractivity contribution >= 4 is 34.1 Å². The molecule has 1 aliphatic rings. The van der Waals surface area contributed by atoms with E-state index in [-0.39, 0.29) is 12.0 Å². The summed E-state index contributed by atoms with van der Waals surface area (Å²) in [6.07, 6.45) is 3.58. The highest BCUT2D eigenvalue weighted by Crippen LogP contribution is 2.27. The molecule has 0 aliphatic carbocycles. The van der Waals surface area contributed by atoms with E-state index in [1.807, 2.05) is 57.3 Å². The summed E-state index contributed by atoms with van der Waals surface area (Å²) in [5, 5.41) is 8.19. The maximum absolute atomic E-state index is 11.3. The lowest BCUT2D eigenvalue weighted by molar-refractivity contribution is -0.137. The zero-order valence-electron chi connectivity index (χ0n) is 21.2. The first-order chi connectivity index (χ1) is 17.9. The molecular weight excluding hydrogens is 466 g/mol. The standard InChI is InChI=1S/C28H27N7O2/c1-17-11-27(33-18(2)32-17)34-26-12-24-21(13-31-28(29-4)25(24)14-30-26)8-5-20-6-9-22(10-7-20)37-23-15-35(16-23)19(3)36/h6-7,9-14,23H,15-16H2,1-4H3,(H,29,31)(H,30,32,33,34). The molecule has 1 aliphatic heterocycles. The predicted molar refractivity (Wildman–Crippen MR) is 143 cm³/mol. The fourth-order valence-corrected chi connectivity index (χ4v) is 4.13. The van der Waals surface area contributed by atoms with E-state index < -0.39 is 0 Å². The van der Waals surface area contributed by atoms with Crippen LogP contribution in [0.5, 0.6) is 5.75 Å². The molecule has 1 fully saturated rings. The van der Waals surface area contributed by atoms with Crippen molar-refractivity contribution in [1.29, 1.82) is 0 Å². The first-order valence-corrected chi connectivity index (χ1v) is 12.0. The Kier molecular flexibility index (Phi) is 6.56. The van der Waals surface area contributed by atoms with Gasteiger partial charge in [0.05, 0.1) is 18.7 Å². The van der Waals surface area contributed by atoms with Gasteiger partial charge in [-0.2, -0.15) is 0 Å². The highest BCUT2D eigenvalue weighted by molar-refractivity contribution is 5.96. The number of carbonyl (C=O) groups excluding carboxylic acids is 1. The number of benzene rings is 1. The topological polar surface area (TPSA) is 105 Å². The van der Waals surface area contributed by atoms with Gasteiger partial charge >= 0.3 is 0 Å². The van der Waals surface area contributed by atoms with Gasteiger partial charge in [-0.05, 0) is 44.2 Å². The van der Waals surface area contributed by atoms with Crippen LogP contribution in [0.15, 0.2) is 48.8 Å². The maximum Gasteiger partial charge on any atom is 0.219 e. The van der Waals surface area contributed by atoms with Gasteiger partial charge in [0, 0.05) is 54.5 Å². The second-order valence-electron chi connectivity index (χ2n) is 8.89. The largest absolute Gasteiger partial charge is 0.487 e. The SMILES string of the molecule is CNc1ncc(C#Cc2ccc(OC3CN(C(C)=O)C3)cc2)c2cc(Nc3cc(C)nc(C)n3)ncc12. The average Bonchev–Trinajstić information content (AvgIpc) is 2.84. The van der Waals surface area contributed by atoms with Gasteiger partial charge in [0.2, 0.25) is 5.91 Å². The first-order valence-electron chi connectivity index (χ1n) is 12.0. The summed E-state index contributed by atoms with van der Waals surface area (Å²) in [5.41, 5.74) is 2.52. The van der Waals surface area contributed by atoms with Crippen molar-refractivity contribution in [3.63, 3.8) is 0 Å². The van der Waals surface area contributed by atoms with Crippen molar-refractivity contribution in [3.05, 3.63) is 71.4 Å². The molecule has 186 valence electrons. The van der Waals surface area contributed by atoms with Crippen LogP contribution in [0.25, 0.3) is 10.8 Å². The molecule has 0 saturated carbocycles. The van der Waals surface area contributed by atoms with E-state index in [0.29, 0.717) is 30.5 Å². The zero-order chi connectivity index (χ0) is 25.9. The van der Waals surface area contributed by atoms with Crippen LogP contribution in [0.1, 0.15) is 29.6 Å². The number of aromatic nitrogens is 4. The quantitative estimate of drug-likeness (QED) is 0.404. The number of ether oxygens (including phenoxy) is 1. The van der Waals surface area contributed by atoms with Gasteiger partial charge in [-0.1, -0.05) is 11.8 Å². The number of nitrogens with one attached hydrogen (secondary N) is 2. The number of carbonyl (C=O) groups is 1. The van der Waals surface area contributed by atoms with Crippen molar-refractivity contribution in [2.45, 2.75) is 26.9 Å². The summed E-state index contributed by atoms with van der Waals surface area (Å²) >= 11 is 0. The summed E-state index contributed by atoms with van der Waals surface area (Å²) in [6, 6.07) is 11.5. The highest BCUT2D eigenvalue weighted by Gasteiger charge is 2.30. The third-order valence-corrected chi connectivity index (χ3v) is 6.02. The number of pyridine rings is 2. The Hall–Kier alpha value is -4.71. The van der Waals surface area contributed by atoms with Crippen LogP contribution in [0.4, 0.5) is 17.5 Å². The lowest BCUT2D eigenvalue weighted by atomic mass is 10.1. The fraction of sp³-hybridized carbons (Fsp3) is 0.250. The Morgan fingerprint density at radius 1 is 1.00 bits per heavy atom. The number of hydrogen-bond donors (Lipinski definition) is 2. The van der Waals surface area contributed by atoms with E-state index in [0.717, 1.165) is 39.2 Å². The summed E-state index contributed by atoms with van der Waals surface area (Å²) in [7, 11) is 1.83. The van der Waals surface area contributed by atoms with E-state index in [9.17, 15) is 4.79 Å². The summed E-state index contributed by atoms with van der Waals surface area (Å²) < 4.78 is 5.93. The molecule has 3 aromatic heterocycles. The minimum Gasteiger partial charge on any atom is -0.487 e. The van der Waals surface area contributed by atoms with Gasteiger partial charge in [-0.3, -0.25) is 4.79 Å². The fourth-order valence-electron chi connectivity index (χ4n) is 4.13. The Labute approximate surface area is 215 Å². The molecule has 1 saturated heterocycles. The second kappa shape index (κ2) is 10.1. The van der Waals surface area contributed by atoms with Crippen LogP contribution in [0, 0.1) is 25.7 Å². The average molecular weight is 494 g/mol. The molecule has 1 aromatic carbocycles. The molecule has 9 nitrogen and oxygen atoms in total. The molecule has 0 unspecified atom stereocenters. The minimum absolute atomic E-state index is 0.0376. The maximum atomic E-state index is 11.3. The Bertz CT molecular complexity index is 1510. The van der Waals surface area contributed by atoms with Gasteiger partial charge in [0.25, 0.3) is 0 Å². The Morgan fingerprint density at radius 3 is 2.49 bits per heavy atom. The molecule has 1 amide bonds. The lowest BCUT2D eigenvalue weighted by Crippen LogP contribution is -2.55. The van der Waals surface area contributed by atoms with E-state index in [2.05, 4.69) is 42.4 Å². The molecule has 37 heavy (non-hydrogen) atoms. The molecule has 2 N–H and O–H groups in total. The van der Waals surface area contributed by atoms with E-state index in [4.69, 9.17) is 4.74 Å². The predicted octanol–water partition coefficient (Wildman–Crippen LogP) is 3.83.